The fraction of sp³-hybridized carbons (Fsp3) is 0.900. The number of amides is 1. The van der Waals surface area contributed by atoms with E-state index >= 15 is 0 Å². The summed E-state index contributed by atoms with van der Waals surface area (Å²) >= 11 is 0. The van der Waals surface area contributed by atoms with Gasteiger partial charge in [0.05, 0.1) is 16.5 Å². The number of hydrogen-bond donors (Lipinski definition) is 2. The van der Waals surface area contributed by atoms with Crippen LogP contribution in [-0.2, 0) is 24.5 Å². The first-order valence-electron chi connectivity index (χ1n) is 5.67. The van der Waals surface area contributed by atoms with Crippen LogP contribution in [-0.4, -0.2) is 58.3 Å². The zero-order valence-electron chi connectivity index (χ0n) is 11.6. The van der Waals surface area contributed by atoms with Crippen molar-refractivity contribution in [2.75, 3.05) is 24.8 Å². The molecule has 19 heavy (non-hydrogen) atoms. The van der Waals surface area contributed by atoms with E-state index < -0.39 is 36.4 Å². The monoisotopic (exact) mass is 314 g/mol. The van der Waals surface area contributed by atoms with E-state index in [0.717, 1.165) is 12.5 Å². The quantitative estimate of drug-likeness (QED) is 0.601. The highest BCUT2D eigenvalue weighted by atomic mass is 32.2. The second-order valence-corrected chi connectivity index (χ2v) is 10.2. The van der Waals surface area contributed by atoms with Gasteiger partial charge in [-0.2, -0.15) is 0 Å². The van der Waals surface area contributed by atoms with Crippen LogP contribution in [0.3, 0.4) is 0 Å². The van der Waals surface area contributed by atoms with Crippen LogP contribution in [0.25, 0.3) is 0 Å². The largest absolute Gasteiger partial charge is 0.353 e. The highest BCUT2D eigenvalue weighted by molar-refractivity contribution is 7.92. The molecule has 0 aromatic carbocycles. The standard InChI is InChI=1S/C10H22N2O5S2/c1-10(2,19(4,16)17)7-12-9(13)8(11)5-6-18(3,14)15/h8H,5-7,11H2,1-4H3,(H,12,13). The Labute approximate surface area is 114 Å². The number of carbonyl (C=O) groups excluding carboxylic acids is 1. The first-order valence-corrected chi connectivity index (χ1v) is 9.62. The summed E-state index contributed by atoms with van der Waals surface area (Å²) < 4.78 is 43.6. The number of nitrogens with two attached hydrogens (primary N) is 1. The van der Waals surface area contributed by atoms with Crippen LogP contribution in [0.2, 0.25) is 0 Å². The average Bonchev–Trinajstić information content (AvgIpc) is 2.19. The minimum absolute atomic E-state index is 0.00394. The summed E-state index contributed by atoms with van der Waals surface area (Å²) in [6.45, 7) is 2.91. The van der Waals surface area contributed by atoms with Crippen molar-refractivity contribution >= 4 is 25.6 Å². The lowest BCUT2D eigenvalue weighted by Gasteiger charge is -2.23. The number of sulfone groups is 2. The lowest BCUT2D eigenvalue weighted by Crippen LogP contribution is -2.49. The zero-order valence-corrected chi connectivity index (χ0v) is 13.3. The minimum atomic E-state index is -3.31. The van der Waals surface area contributed by atoms with Crippen molar-refractivity contribution in [3.05, 3.63) is 0 Å². The molecule has 0 aliphatic heterocycles. The number of rotatable bonds is 7. The predicted octanol–water partition coefficient (Wildman–Crippen LogP) is -1.31. The van der Waals surface area contributed by atoms with Crippen molar-refractivity contribution in [3.63, 3.8) is 0 Å². The fourth-order valence-corrected chi connectivity index (χ4v) is 2.05. The molecule has 1 atom stereocenters. The van der Waals surface area contributed by atoms with Crippen molar-refractivity contribution in [2.24, 2.45) is 5.73 Å². The van der Waals surface area contributed by atoms with Gasteiger partial charge in [-0.05, 0) is 20.3 Å². The summed E-state index contributed by atoms with van der Waals surface area (Å²) in [6.07, 6.45) is 2.15. The molecule has 0 aromatic heterocycles. The molecule has 1 amide bonds. The van der Waals surface area contributed by atoms with Crippen LogP contribution in [0, 0.1) is 0 Å². The molecule has 0 radical (unpaired) electrons. The minimum Gasteiger partial charge on any atom is -0.353 e. The molecule has 0 aromatic rings. The third-order valence-corrected chi connectivity index (χ3v) is 5.96. The SMILES string of the molecule is CC(C)(CNC(=O)C(N)CCS(C)(=O)=O)S(C)(=O)=O. The van der Waals surface area contributed by atoms with Gasteiger partial charge in [0.15, 0.2) is 9.84 Å². The summed E-state index contributed by atoms with van der Waals surface area (Å²) in [4.78, 5) is 11.6. The molecule has 0 bridgehead atoms. The molecule has 0 saturated carbocycles. The number of hydrogen-bond acceptors (Lipinski definition) is 6. The third-order valence-electron chi connectivity index (χ3n) is 2.83. The lowest BCUT2D eigenvalue weighted by molar-refractivity contribution is -0.122. The van der Waals surface area contributed by atoms with Gasteiger partial charge in [0.25, 0.3) is 0 Å². The van der Waals surface area contributed by atoms with Crippen molar-refractivity contribution < 1.29 is 21.6 Å². The van der Waals surface area contributed by atoms with E-state index in [1.54, 1.807) is 0 Å². The molecule has 114 valence electrons. The van der Waals surface area contributed by atoms with Gasteiger partial charge in [0, 0.05) is 19.1 Å². The van der Waals surface area contributed by atoms with Crippen LogP contribution in [0.5, 0.6) is 0 Å². The molecule has 0 saturated heterocycles. The average molecular weight is 314 g/mol. The summed E-state index contributed by atoms with van der Waals surface area (Å²) in [7, 11) is -6.49. The van der Waals surface area contributed by atoms with Crippen molar-refractivity contribution in [2.45, 2.75) is 31.1 Å². The van der Waals surface area contributed by atoms with Gasteiger partial charge in [0.1, 0.15) is 9.84 Å². The van der Waals surface area contributed by atoms with Crippen LogP contribution >= 0.6 is 0 Å². The summed E-state index contributed by atoms with van der Waals surface area (Å²) in [5.74, 6) is -0.739. The Kier molecular flexibility index (Phi) is 5.97. The summed E-state index contributed by atoms with van der Waals surface area (Å²) in [5, 5.41) is 2.43. The van der Waals surface area contributed by atoms with E-state index in [-0.39, 0.29) is 18.7 Å². The molecule has 7 nitrogen and oxygen atoms in total. The molecule has 0 rings (SSSR count). The topological polar surface area (TPSA) is 123 Å². The summed E-state index contributed by atoms with van der Waals surface area (Å²) in [6, 6.07) is -0.968. The van der Waals surface area contributed by atoms with E-state index in [9.17, 15) is 21.6 Å². The molecular weight excluding hydrogens is 292 g/mol. The van der Waals surface area contributed by atoms with Crippen molar-refractivity contribution in [3.8, 4) is 0 Å². The Morgan fingerprint density at radius 1 is 1.21 bits per heavy atom. The normalized spacial score (nSPS) is 15.0. The van der Waals surface area contributed by atoms with Crippen LogP contribution in [0.15, 0.2) is 0 Å². The molecule has 0 aliphatic rings. The van der Waals surface area contributed by atoms with E-state index in [1.165, 1.54) is 13.8 Å². The number of carbonyl (C=O) groups is 1. The number of nitrogens with one attached hydrogen (secondary N) is 1. The molecule has 0 spiro atoms. The van der Waals surface area contributed by atoms with Gasteiger partial charge in [-0.25, -0.2) is 16.8 Å². The van der Waals surface area contributed by atoms with E-state index in [2.05, 4.69) is 5.32 Å². The smallest absolute Gasteiger partial charge is 0.236 e. The maximum absolute atomic E-state index is 11.6. The highest BCUT2D eigenvalue weighted by Gasteiger charge is 2.31. The van der Waals surface area contributed by atoms with Gasteiger partial charge in [-0.3, -0.25) is 4.79 Å². The lowest BCUT2D eigenvalue weighted by atomic mass is 10.2. The van der Waals surface area contributed by atoms with Crippen LogP contribution in [0.4, 0.5) is 0 Å². The van der Waals surface area contributed by atoms with Crippen LogP contribution < -0.4 is 11.1 Å². The fourth-order valence-electron chi connectivity index (χ4n) is 1.03. The second-order valence-electron chi connectivity index (χ2n) is 5.27. The predicted molar refractivity (Wildman–Crippen MR) is 74.2 cm³/mol. The molecule has 0 fully saturated rings. The van der Waals surface area contributed by atoms with Crippen molar-refractivity contribution in [1.82, 2.24) is 5.32 Å². The van der Waals surface area contributed by atoms with E-state index in [0.29, 0.717) is 0 Å². The third kappa shape index (κ3) is 6.88. The zero-order chi connectivity index (χ0) is 15.5. The van der Waals surface area contributed by atoms with Crippen molar-refractivity contribution in [1.29, 1.82) is 0 Å². The Hall–Kier alpha value is -0.670. The van der Waals surface area contributed by atoms with Gasteiger partial charge in [-0.15, -0.1) is 0 Å². The van der Waals surface area contributed by atoms with E-state index in [4.69, 9.17) is 5.73 Å². The molecule has 0 aliphatic carbocycles. The molecule has 3 N–H and O–H groups in total. The Morgan fingerprint density at radius 3 is 2.05 bits per heavy atom. The molecular formula is C10H22N2O5S2. The van der Waals surface area contributed by atoms with Gasteiger partial charge in [-0.1, -0.05) is 0 Å². The Morgan fingerprint density at radius 2 is 1.68 bits per heavy atom. The molecule has 1 unspecified atom stereocenters. The second kappa shape index (κ2) is 6.19. The van der Waals surface area contributed by atoms with Gasteiger partial charge in [0.2, 0.25) is 5.91 Å². The first kappa shape index (κ1) is 18.3. The first-order chi connectivity index (χ1) is 8.26. The Bertz CT molecular complexity index is 522. The molecule has 0 heterocycles. The maximum Gasteiger partial charge on any atom is 0.236 e. The highest BCUT2D eigenvalue weighted by Crippen LogP contribution is 2.13. The van der Waals surface area contributed by atoms with Gasteiger partial charge < -0.3 is 11.1 Å². The maximum atomic E-state index is 11.6. The molecule has 9 heteroatoms. The summed E-state index contributed by atoms with van der Waals surface area (Å²) in [5.41, 5.74) is 5.54. The van der Waals surface area contributed by atoms with Gasteiger partial charge >= 0.3 is 0 Å². The Balaban J connectivity index is 4.41. The van der Waals surface area contributed by atoms with Crippen LogP contribution in [0.1, 0.15) is 20.3 Å². The van der Waals surface area contributed by atoms with E-state index in [1.807, 2.05) is 0 Å².